The van der Waals surface area contributed by atoms with Gasteiger partial charge in [0.2, 0.25) is 0 Å². The molecule has 0 aliphatic carbocycles. The summed E-state index contributed by atoms with van der Waals surface area (Å²) in [4.78, 5) is 0. The lowest BCUT2D eigenvalue weighted by atomic mass is 9.86. The third-order valence-corrected chi connectivity index (χ3v) is 4.73. The monoisotopic (exact) mass is 334 g/mol. The Hall–Kier alpha value is 0.167. The Morgan fingerprint density at radius 1 is 1.29 bits per heavy atom. The molecule has 0 saturated heterocycles. The molecule has 0 aliphatic rings. The van der Waals surface area contributed by atoms with Gasteiger partial charge in [-0.1, -0.05) is 60.4 Å². The molecule has 0 radical (unpaired) electrons. The van der Waals surface area contributed by atoms with Gasteiger partial charge in [-0.3, -0.25) is 0 Å². The highest BCUT2D eigenvalue weighted by Crippen LogP contribution is 2.33. The standard InChI is InChI=1S/C13H20BrClOSi/c1-13(2,3)10-7-6-9(8-11(10)15)12(14)16-17(4)5/h6-8,12,17H,1-5H3. The van der Waals surface area contributed by atoms with Crippen LogP contribution in [0.1, 0.15) is 36.9 Å². The highest BCUT2D eigenvalue weighted by atomic mass is 79.9. The van der Waals surface area contributed by atoms with Crippen molar-refractivity contribution in [2.75, 3.05) is 0 Å². The molecule has 1 rings (SSSR count). The van der Waals surface area contributed by atoms with Crippen LogP contribution in [0.15, 0.2) is 18.2 Å². The first-order valence-corrected chi connectivity index (χ1v) is 9.88. The van der Waals surface area contributed by atoms with Crippen molar-refractivity contribution in [3.05, 3.63) is 34.3 Å². The van der Waals surface area contributed by atoms with Crippen LogP contribution in [-0.2, 0) is 9.84 Å². The van der Waals surface area contributed by atoms with Crippen LogP contribution in [0.2, 0.25) is 18.1 Å². The van der Waals surface area contributed by atoms with E-state index < -0.39 is 9.04 Å². The molecule has 0 N–H and O–H groups in total. The van der Waals surface area contributed by atoms with Crippen LogP contribution in [0.5, 0.6) is 0 Å². The van der Waals surface area contributed by atoms with E-state index in [9.17, 15) is 0 Å². The molecule has 1 aromatic rings. The van der Waals surface area contributed by atoms with Crippen molar-refractivity contribution in [1.82, 2.24) is 0 Å². The molecule has 0 aliphatic heterocycles. The van der Waals surface area contributed by atoms with Gasteiger partial charge in [0.25, 0.3) is 0 Å². The molecule has 0 amide bonds. The van der Waals surface area contributed by atoms with E-state index in [2.05, 4.69) is 61.9 Å². The van der Waals surface area contributed by atoms with Gasteiger partial charge in [-0.25, -0.2) is 0 Å². The summed E-state index contributed by atoms with van der Waals surface area (Å²) in [6.45, 7) is 10.8. The lowest BCUT2D eigenvalue weighted by Crippen LogP contribution is -2.13. The summed E-state index contributed by atoms with van der Waals surface area (Å²) in [7, 11) is -1.05. The van der Waals surface area contributed by atoms with Crippen LogP contribution in [0, 0.1) is 0 Å². The third kappa shape index (κ3) is 4.40. The number of alkyl halides is 1. The predicted octanol–water partition coefficient (Wildman–Crippen LogP) is 5.03. The van der Waals surface area contributed by atoms with Crippen molar-refractivity contribution in [2.45, 2.75) is 44.3 Å². The molecular formula is C13H20BrClOSi. The predicted molar refractivity (Wildman–Crippen MR) is 81.8 cm³/mol. The van der Waals surface area contributed by atoms with E-state index in [1.54, 1.807) is 0 Å². The lowest BCUT2D eigenvalue weighted by molar-refractivity contribution is 0.310. The van der Waals surface area contributed by atoms with Gasteiger partial charge < -0.3 is 4.43 Å². The molecule has 0 saturated carbocycles. The van der Waals surface area contributed by atoms with Crippen molar-refractivity contribution in [2.24, 2.45) is 0 Å². The molecule has 17 heavy (non-hydrogen) atoms. The lowest BCUT2D eigenvalue weighted by Gasteiger charge is -2.22. The Balaban J connectivity index is 2.97. The second kappa shape index (κ2) is 5.87. The Kier molecular flexibility index (Phi) is 5.26. The van der Waals surface area contributed by atoms with Crippen molar-refractivity contribution in [3.8, 4) is 0 Å². The van der Waals surface area contributed by atoms with E-state index in [0.29, 0.717) is 0 Å². The van der Waals surface area contributed by atoms with E-state index in [1.165, 1.54) is 5.56 Å². The maximum Gasteiger partial charge on any atom is 0.172 e. The van der Waals surface area contributed by atoms with Crippen molar-refractivity contribution in [3.63, 3.8) is 0 Å². The van der Waals surface area contributed by atoms with Gasteiger partial charge in [-0.2, -0.15) is 0 Å². The van der Waals surface area contributed by atoms with Crippen LogP contribution in [0.4, 0.5) is 0 Å². The van der Waals surface area contributed by atoms with Gasteiger partial charge in [0.1, 0.15) is 5.01 Å². The number of hydrogen-bond acceptors (Lipinski definition) is 1. The Labute approximate surface area is 119 Å². The quantitative estimate of drug-likeness (QED) is 0.556. The first-order valence-electron chi connectivity index (χ1n) is 5.81. The van der Waals surface area contributed by atoms with Gasteiger partial charge in [0.15, 0.2) is 9.04 Å². The summed E-state index contributed by atoms with van der Waals surface area (Å²) >= 11 is 9.88. The largest absolute Gasteiger partial charge is 0.404 e. The van der Waals surface area contributed by atoms with Crippen molar-refractivity contribution >= 4 is 36.6 Å². The molecule has 1 atom stereocenters. The number of hydrogen-bond donors (Lipinski definition) is 0. The Morgan fingerprint density at radius 2 is 1.88 bits per heavy atom. The summed E-state index contributed by atoms with van der Waals surface area (Å²) in [6, 6.07) is 6.18. The highest BCUT2D eigenvalue weighted by Gasteiger charge is 2.19. The SMILES string of the molecule is C[SiH](C)OC(Br)c1ccc(C(C)(C)C)c(Cl)c1. The van der Waals surface area contributed by atoms with Gasteiger partial charge >= 0.3 is 0 Å². The number of benzene rings is 1. The normalized spacial score (nSPS) is 14.1. The zero-order valence-corrected chi connectivity index (χ0v) is 14.5. The molecule has 0 aromatic heterocycles. The Morgan fingerprint density at radius 3 is 2.29 bits per heavy atom. The number of rotatable bonds is 3. The minimum absolute atomic E-state index is 0.0410. The third-order valence-electron chi connectivity index (χ3n) is 2.45. The van der Waals surface area contributed by atoms with E-state index in [-0.39, 0.29) is 10.4 Å². The van der Waals surface area contributed by atoms with Crippen molar-refractivity contribution < 1.29 is 4.43 Å². The summed E-state index contributed by atoms with van der Waals surface area (Å²) in [5.41, 5.74) is 2.33. The molecule has 0 spiro atoms. The van der Waals surface area contributed by atoms with E-state index in [0.717, 1.165) is 10.6 Å². The molecule has 1 aromatic carbocycles. The topological polar surface area (TPSA) is 9.23 Å². The number of halogens is 2. The highest BCUT2D eigenvalue weighted by molar-refractivity contribution is 9.09. The zero-order chi connectivity index (χ0) is 13.2. The molecule has 4 heteroatoms. The summed E-state index contributed by atoms with van der Waals surface area (Å²) in [5.74, 6) is 0. The molecule has 0 fully saturated rings. The van der Waals surface area contributed by atoms with Crippen LogP contribution < -0.4 is 0 Å². The van der Waals surface area contributed by atoms with Gasteiger partial charge in [0.05, 0.1) is 0 Å². The maximum atomic E-state index is 6.33. The minimum atomic E-state index is -1.05. The first-order chi connectivity index (χ1) is 7.71. The first kappa shape index (κ1) is 15.2. The molecular weight excluding hydrogens is 316 g/mol. The summed E-state index contributed by atoms with van der Waals surface area (Å²) in [5, 5.41) is 0.772. The zero-order valence-electron chi connectivity index (χ0n) is 11.1. The van der Waals surface area contributed by atoms with Crippen LogP contribution >= 0.6 is 27.5 Å². The fraction of sp³-hybridized carbons (Fsp3) is 0.538. The smallest absolute Gasteiger partial charge is 0.172 e. The van der Waals surface area contributed by atoms with Crippen LogP contribution in [-0.4, -0.2) is 9.04 Å². The fourth-order valence-corrected chi connectivity index (χ4v) is 4.29. The average molecular weight is 336 g/mol. The molecule has 96 valence electrons. The minimum Gasteiger partial charge on any atom is -0.404 e. The van der Waals surface area contributed by atoms with Crippen LogP contribution in [0.3, 0.4) is 0 Å². The van der Waals surface area contributed by atoms with Gasteiger partial charge in [-0.15, -0.1) is 0 Å². The fourth-order valence-electron chi connectivity index (χ4n) is 1.60. The van der Waals surface area contributed by atoms with Gasteiger partial charge in [-0.05, 0) is 35.7 Å². The maximum absolute atomic E-state index is 6.33. The van der Waals surface area contributed by atoms with Crippen LogP contribution in [0.25, 0.3) is 0 Å². The van der Waals surface area contributed by atoms with E-state index in [1.807, 2.05) is 6.07 Å². The van der Waals surface area contributed by atoms with Crippen molar-refractivity contribution in [1.29, 1.82) is 0 Å². The van der Waals surface area contributed by atoms with E-state index in [4.69, 9.17) is 16.0 Å². The average Bonchev–Trinajstić information content (AvgIpc) is 2.14. The second-order valence-corrected chi connectivity index (χ2v) is 9.10. The molecule has 1 nitrogen and oxygen atoms in total. The Bertz CT molecular complexity index is 387. The van der Waals surface area contributed by atoms with Gasteiger partial charge in [0, 0.05) is 5.02 Å². The molecule has 0 heterocycles. The second-order valence-electron chi connectivity index (χ2n) is 5.49. The summed E-state index contributed by atoms with van der Waals surface area (Å²) < 4.78 is 5.81. The summed E-state index contributed by atoms with van der Waals surface area (Å²) in [6.07, 6.45) is 0. The molecule has 1 unspecified atom stereocenters. The molecule has 0 bridgehead atoms. The van der Waals surface area contributed by atoms with E-state index >= 15 is 0 Å².